The third kappa shape index (κ3) is 8.72. The van der Waals surface area contributed by atoms with Crippen molar-refractivity contribution >= 4 is 0 Å². The van der Waals surface area contributed by atoms with E-state index in [-0.39, 0.29) is 0 Å². The highest BCUT2D eigenvalue weighted by Gasteiger charge is 2.17. The van der Waals surface area contributed by atoms with E-state index in [1.165, 1.54) is 55.2 Å². The molecule has 0 aliphatic heterocycles. The van der Waals surface area contributed by atoms with Crippen molar-refractivity contribution in [2.45, 2.75) is 119 Å². The Kier molecular flexibility index (Phi) is 11.9. The zero-order valence-electron chi connectivity index (χ0n) is 22.3. The summed E-state index contributed by atoms with van der Waals surface area (Å²) in [7, 11) is 0. The molecular formula is C31H48O2. The molecule has 0 aromatic heterocycles. The number of unbranched alkanes of at least 4 members (excludes halogenated alkanes) is 1. The summed E-state index contributed by atoms with van der Waals surface area (Å²) in [5.41, 5.74) is 8.84. The molecule has 0 radical (unpaired) electrons. The van der Waals surface area contributed by atoms with Crippen LogP contribution in [0.5, 0.6) is 11.5 Å². The van der Waals surface area contributed by atoms with Gasteiger partial charge in [-0.05, 0) is 122 Å². The average Bonchev–Trinajstić information content (AvgIpc) is 3.31. The van der Waals surface area contributed by atoms with Gasteiger partial charge in [-0.15, -0.1) is 0 Å². The maximum Gasteiger partial charge on any atom is 0.126 e. The van der Waals surface area contributed by atoms with E-state index in [4.69, 9.17) is 4.74 Å². The van der Waals surface area contributed by atoms with Gasteiger partial charge in [0.2, 0.25) is 0 Å². The van der Waals surface area contributed by atoms with Crippen LogP contribution in [0.4, 0.5) is 0 Å². The highest BCUT2D eigenvalue weighted by Crippen LogP contribution is 2.38. The molecule has 0 saturated heterocycles. The SMILES string of the molecule is CCCCc1c(C)c(O)c(C)c(C)c1OCC/C=C(\C)CC/C=C(\C)CCC=C1CCCC1. The molecule has 0 bridgehead atoms. The fraction of sp³-hybridized carbons (Fsp3) is 0.613. The molecule has 0 spiro atoms. The normalized spacial score (nSPS) is 14.8. The zero-order chi connectivity index (χ0) is 24.2. The molecule has 184 valence electrons. The number of ether oxygens (including phenoxy) is 1. The van der Waals surface area contributed by atoms with Crippen molar-refractivity contribution in [1.29, 1.82) is 0 Å². The van der Waals surface area contributed by atoms with E-state index in [1.807, 2.05) is 13.8 Å². The Morgan fingerprint density at radius 2 is 1.52 bits per heavy atom. The second-order valence-electron chi connectivity index (χ2n) is 10.0. The molecule has 0 unspecified atom stereocenters. The van der Waals surface area contributed by atoms with Crippen LogP contribution in [0.3, 0.4) is 0 Å². The zero-order valence-corrected chi connectivity index (χ0v) is 22.3. The lowest BCUT2D eigenvalue weighted by atomic mass is 9.94. The first kappa shape index (κ1) is 27.3. The molecule has 33 heavy (non-hydrogen) atoms. The summed E-state index contributed by atoms with van der Waals surface area (Å²) in [6.07, 6.45) is 21.5. The van der Waals surface area contributed by atoms with Gasteiger partial charge in [0.15, 0.2) is 0 Å². The minimum absolute atomic E-state index is 0.431. The van der Waals surface area contributed by atoms with Gasteiger partial charge in [-0.25, -0.2) is 0 Å². The number of phenolic OH excluding ortho intramolecular Hbond substituents is 1. The molecule has 1 aromatic rings. The van der Waals surface area contributed by atoms with Gasteiger partial charge in [-0.3, -0.25) is 0 Å². The Labute approximate surface area is 203 Å². The second kappa shape index (κ2) is 14.3. The van der Waals surface area contributed by atoms with Crippen LogP contribution in [0.2, 0.25) is 0 Å². The number of phenols is 1. The van der Waals surface area contributed by atoms with Crippen molar-refractivity contribution in [1.82, 2.24) is 0 Å². The maximum absolute atomic E-state index is 10.5. The maximum atomic E-state index is 10.5. The smallest absolute Gasteiger partial charge is 0.126 e. The number of rotatable bonds is 13. The molecule has 1 fully saturated rings. The summed E-state index contributed by atoms with van der Waals surface area (Å²) in [4.78, 5) is 0. The van der Waals surface area contributed by atoms with Gasteiger partial charge in [0.25, 0.3) is 0 Å². The van der Waals surface area contributed by atoms with Crippen molar-refractivity contribution in [3.63, 3.8) is 0 Å². The van der Waals surface area contributed by atoms with Crippen LogP contribution in [0, 0.1) is 20.8 Å². The molecule has 0 atom stereocenters. The Bertz CT molecular complexity index is 846. The molecule has 1 aliphatic rings. The molecule has 1 saturated carbocycles. The highest BCUT2D eigenvalue weighted by atomic mass is 16.5. The van der Waals surface area contributed by atoms with Crippen molar-refractivity contribution in [2.75, 3.05) is 6.61 Å². The Hall–Kier alpha value is -1.96. The van der Waals surface area contributed by atoms with Crippen LogP contribution in [-0.2, 0) is 6.42 Å². The van der Waals surface area contributed by atoms with Gasteiger partial charge >= 0.3 is 0 Å². The lowest BCUT2D eigenvalue weighted by molar-refractivity contribution is 0.317. The van der Waals surface area contributed by atoms with E-state index >= 15 is 0 Å². The number of hydrogen-bond donors (Lipinski definition) is 1. The standard InChI is InChI=1S/C31H48O2/c1-7-8-21-29-27(6)30(32)25(4)26(5)31(29)33-22-13-17-24(3)15-11-14-23(2)16-12-20-28-18-9-10-19-28/h14,17,20,32H,7-13,15-16,18-19,21-22H2,1-6H3/b23-14+,24-17+. The van der Waals surface area contributed by atoms with Gasteiger partial charge in [-0.1, -0.05) is 48.3 Å². The van der Waals surface area contributed by atoms with Gasteiger partial charge in [0.1, 0.15) is 11.5 Å². The number of hydrogen-bond acceptors (Lipinski definition) is 2. The summed E-state index contributed by atoms with van der Waals surface area (Å²) in [6.45, 7) is 13.5. The summed E-state index contributed by atoms with van der Waals surface area (Å²) in [5.74, 6) is 1.42. The Morgan fingerprint density at radius 1 is 0.879 bits per heavy atom. The molecular weight excluding hydrogens is 404 g/mol. The summed E-state index contributed by atoms with van der Waals surface area (Å²) in [5, 5.41) is 10.5. The van der Waals surface area contributed by atoms with Crippen LogP contribution in [0.1, 0.15) is 114 Å². The fourth-order valence-corrected chi connectivity index (χ4v) is 4.77. The third-order valence-electron chi connectivity index (χ3n) is 7.23. The molecule has 1 aliphatic carbocycles. The second-order valence-corrected chi connectivity index (χ2v) is 10.0. The van der Waals surface area contributed by atoms with Gasteiger partial charge in [0.05, 0.1) is 6.61 Å². The third-order valence-corrected chi connectivity index (χ3v) is 7.23. The van der Waals surface area contributed by atoms with Crippen LogP contribution in [-0.4, -0.2) is 11.7 Å². The monoisotopic (exact) mass is 452 g/mol. The summed E-state index contributed by atoms with van der Waals surface area (Å²) < 4.78 is 6.29. The van der Waals surface area contributed by atoms with Crippen molar-refractivity contribution in [3.8, 4) is 11.5 Å². The van der Waals surface area contributed by atoms with Gasteiger partial charge < -0.3 is 9.84 Å². The van der Waals surface area contributed by atoms with E-state index < -0.39 is 0 Å². The number of allylic oxidation sites excluding steroid dienone is 5. The molecule has 0 amide bonds. The fourth-order valence-electron chi connectivity index (χ4n) is 4.77. The van der Waals surface area contributed by atoms with E-state index in [1.54, 1.807) is 5.57 Å². The van der Waals surface area contributed by atoms with E-state index in [2.05, 4.69) is 45.9 Å². The molecule has 2 heteroatoms. The topological polar surface area (TPSA) is 29.5 Å². The minimum atomic E-state index is 0.431. The summed E-state index contributed by atoms with van der Waals surface area (Å²) >= 11 is 0. The van der Waals surface area contributed by atoms with Crippen LogP contribution >= 0.6 is 0 Å². The largest absolute Gasteiger partial charge is 0.507 e. The van der Waals surface area contributed by atoms with Crippen LogP contribution in [0.15, 0.2) is 34.9 Å². The predicted octanol–water partition coefficient (Wildman–Crippen LogP) is 9.38. The van der Waals surface area contributed by atoms with Crippen molar-refractivity contribution in [3.05, 3.63) is 57.2 Å². The Morgan fingerprint density at radius 3 is 2.18 bits per heavy atom. The van der Waals surface area contributed by atoms with Crippen molar-refractivity contribution in [2.24, 2.45) is 0 Å². The molecule has 1 N–H and O–H groups in total. The molecule has 2 nitrogen and oxygen atoms in total. The lowest BCUT2D eigenvalue weighted by Crippen LogP contribution is -2.05. The van der Waals surface area contributed by atoms with E-state index in [0.29, 0.717) is 12.4 Å². The van der Waals surface area contributed by atoms with Crippen molar-refractivity contribution < 1.29 is 9.84 Å². The van der Waals surface area contributed by atoms with Gasteiger partial charge in [-0.2, -0.15) is 0 Å². The quantitative estimate of drug-likeness (QED) is 0.238. The molecule has 2 rings (SSSR count). The molecule has 1 aromatic carbocycles. The minimum Gasteiger partial charge on any atom is -0.507 e. The first-order valence-corrected chi connectivity index (χ1v) is 13.3. The number of benzene rings is 1. The number of aromatic hydroxyl groups is 1. The van der Waals surface area contributed by atoms with E-state index in [9.17, 15) is 5.11 Å². The highest BCUT2D eigenvalue weighted by molar-refractivity contribution is 5.57. The Balaban J connectivity index is 1.80. The lowest BCUT2D eigenvalue weighted by Gasteiger charge is -2.20. The molecule has 0 heterocycles. The first-order chi connectivity index (χ1) is 15.8. The van der Waals surface area contributed by atoms with Gasteiger partial charge in [0, 0.05) is 5.56 Å². The van der Waals surface area contributed by atoms with Crippen LogP contribution < -0.4 is 4.74 Å². The predicted molar refractivity (Wildman–Crippen MR) is 144 cm³/mol. The van der Waals surface area contributed by atoms with Crippen LogP contribution in [0.25, 0.3) is 0 Å². The average molecular weight is 453 g/mol. The first-order valence-electron chi connectivity index (χ1n) is 13.3. The van der Waals surface area contributed by atoms with E-state index in [0.717, 1.165) is 61.0 Å². The summed E-state index contributed by atoms with van der Waals surface area (Å²) in [6, 6.07) is 0.